The number of aryl methyl sites for hydroxylation is 1. The number of thiophene rings is 1. The molecule has 2 amide bonds. The summed E-state index contributed by atoms with van der Waals surface area (Å²) >= 11 is 1.71. The summed E-state index contributed by atoms with van der Waals surface area (Å²) in [5.41, 5.74) is 1.94. The molecule has 0 spiro atoms. The van der Waals surface area contributed by atoms with Gasteiger partial charge in [0.05, 0.1) is 20.2 Å². The van der Waals surface area contributed by atoms with Crippen LogP contribution in [0.2, 0.25) is 0 Å². The van der Waals surface area contributed by atoms with Gasteiger partial charge in [-0.1, -0.05) is 0 Å². The van der Waals surface area contributed by atoms with Crippen molar-refractivity contribution in [3.8, 4) is 21.9 Å². The third kappa shape index (κ3) is 3.99. The number of ether oxygens (including phenoxy) is 2. The molecule has 0 fully saturated rings. The first-order chi connectivity index (χ1) is 12.5. The summed E-state index contributed by atoms with van der Waals surface area (Å²) in [5, 5.41) is 2.56. The van der Waals surface area contributed by atoms with Gasteiger partial charge in [-0.15, -0.1) is 11.3 Å². The van der Waals surface area contributed by atoms with Crippen LogP contribution in [0.4, 0.5) is 0 Å². The van der Waals surface area contributed by atoms with Crippen molar-refractivity contribution in [1.82, 2.24) is 10.2 Å². The Morgan fingerprint density at radius 1 is 1.35 bits per heavy atom. The maximum Gasteiger partial charge on any atom is 0.242 e. The van der Waals surface area contributed by atoms with Gasteiger partial charge in [0.15, 0.2) is 11.5 Å². The van der Waals surface area contributed by atoms with Crippen LogP contribution >= 0.6 is 11.3 Å². The topological polar surface area (TPSA) is 67.9 Å². The highest BCUT2D eigenvalue weighted by Gasteiger charge is 2.23. The molecule has 0 atom stereocenters. The number of nitrogens with one attached hydrogen (secondary N) is 1. The van der Waals surface area contributed by atoms with Gasteiger partial charge in [0.1, 0.15) is 6.61 Å². The van der Waals surface area contributed by atoms with Gasteiger partial charge in [0.25, 0.3) is 0 Å². The van der Waals surface area contributed by atoms with E-state index >= 15 is 0 Å². The van der Waals surface area contributed by atoms with E-state index in [9.17, 15) is 9.59 Å². The largest absolute Gasteiger partial charge is 0.493 e. The van der Waals surface area contributed by atoms with E-state index in [2.05, 4.69) is 24.4 Å². The van der Waals surface area contributed by atoms with Crippen LogP contribution in [0.3, 0.4) is 0 Å². The molecule has 0 unspecified atom stereocenters. The number of nitrogens with zero attached hydrogens (tertiary/aromatic N) is 1. The number of rotatable bonds is 4. The predicted octanol–water partition coefficient (Wildman–Crippen LogP) is 2.59. The van der Waals surface area contributed by atoms with E-state index in [1.54, 1.807) is 23.3 Å². The molecule has 7 heteroatoms. The molecule has 6 nitrogen and oxygen atoms in total. The van der Waals surface area contributed by atoms with E-state index in [1.165, 1.54) is 11.8 Å². The number of benzene rings is 1. The first-order valence-electron chi connectivity index (χ1n) is 8.40. The first kappa shape index (κ1) is 18.3. The Morgan fingerprint density at radius 2 is 2.15 bits per heavy atom. The van der Waals surface area contributed by atoms with Crippen LogP contribution in [-0.4, -0.2) is 43.5 Å². The van der Waals surface area contributed by atoms with E-state index < -0.39 is 0 Å². The monoisotopic (exact) mass is 374 g/mol. The molecule has 1 aliphatic rings. The number of methoxy groups -OCH3 is 1. The van der Waals surface area contributed by atoms with Crippen molar-refractivity contribution in [3.05, 3.63) is 34.7 Å². The summed E-state index contributed by atoms with van der Waals surface area (Å²) in [6.07, 6.45) is 0. The Bertz CT molecular complexity index is 831. The number of hydrogen-bond acceptors (Lipinski definition) is 5. The average Bonchev–Trinajstić information content (AvgIpc) is 2.93. The van der Waals surface area contributed by atoms with Crippen LogP contribution in [0.5, 0.6) is 11.5 Å². The molecule has 26 heavy (non-hydrogen) atoms. The molecular weight excluding hydrogens is 352 g/mol. The summed E-state index contributed by atoms with van der Waals surface area (Å²) in [5.74, 6) is 0.994. The van der Waals surface area contributed by atoms with Gasteiger partial charge in [0.2, 0.25) is 11.8 Å². The molecule has 1 aromatic carbocycles. The lowest BCUT2D eigenvalue weighted by molar-refractivity contribution is -0.133. The second-order valence-corrected chi connectivity index (χ2v) is 7.44. The van der Waals surface area contributed by atoms with Crippen LogP contribution in [0.15, 0.2) is 24.3 Å². The van der Waals surface area contributed by atoms with Crippen molar-refractivity contribution in [2.45, 2.75) is 20.4 Å². The van der Waals surface area contributed by atoms with E-state index in [1.807, 2.05) is 12.1 Å². The summed E-state index contributed by atoms with van der Waals surface area (Å²) < 4.78 is 11.4. The number of hydrogen-bond donors (Lipinski definition) is 1. The number of amides is 2. The Kier molecular flexibility index (Phi) is 5.46. The highest BCUT2D eigenvalue weighted by molar-refractivity contribution is 7.15. The molecule has 0 bridgehead atoms. The highest BCUT2D eigenvalue weighted by atomic mass is 32.1. The van der Waals surface area contributed by atoms with Crippen molar-refractivity contribution in [3.63, 3.8) is 0 Å². The lowest BCUT2D eigenvalue weighted by atomic mass is 10.1. The second-order valence-electron chi connectivity index (χ2n) is 6.15. The van der Waals surface area contributed by atoms with Crippen LogP contribution in [0.1, 0.15) is 17.4 Å². The zero-order valence-electron chi connectivity index (χ0n) is 15.1. The summed E-state index contributed by atoms with van der Waals surface area (Å²) in [7, 11) is 1.62. The molecule has 1 aromatic heterocycles. The Hall–Kier alpha value is -2.54. The van der Waals surface area contributed by atoms with Crippen molar-refractivity contribution >= 4 is 23.2 Å². The molecule has 0 radical (unpaired) electrons. The Balaban J connectivity index is 1.91. The van der Waals surface area contributed by atoms with Crippen LogP contribution in [0, 0.1) is 6.92 Å². The smallest absolute Gasteiger partial charge is 0.242 e. The molecule has 138 valence electrons. The normalized spacial score (nSPS) is 13.4. The highest BCUT2D eigenvalue weighted by Crippen LogP contribution is 2.39. The van der Waals surface area contributed by atoms with Crippen molar-refractivity contribution in [2.75, 3.05) is 26.8 Å². The van der Waals surface area contributed by atoms with Crippen molar-refractivity contribution < 1.29 is 19.1 Å². The average molecular weight is 374 g/mol. The van der Waals surface area contributed by atoms with Crippen LogP contribution in [-0.2, 0) is 16.1 Å². The fourth-order valence-electron chi connectivity index (χ4n) is 2.89. The van der Waals surface area contributed by atoms with E-state index in [-0.39, 0.29) is 18.4 Å². The third-order valence-electron chi connectivity index (χ3n) is 4.19. The lowest BCUT2D eigenvalue weighted by Crippen LogP contribution is -2.40. The summed E-state index contributed by atoms with van der Waals surface area (Å²) in [6, 6.07) is 8.18. The zero-order chi connectivity index (χ0) is 18.7. The van der Waals surface area contributed by atoms with Crippen LogP contribution in [0.25, 0.3) is 10.4 Å². The van der Waals surface area contributed by atoms with Crippen LogP contribution < -0.4 is 14.8 Å². The summed E-state index contributed by atoms with van der Waals surface area (Å²) in [6.45, 7) is 4.72. The number of carbonyl (C=O) groups excluding carboxylic acids is 2. The molecular formula is C19H22N2O4S. The van der Waals surface area contributed by atoms with Gasteiger partial charge in [0, 0.05) is 28.8 Å². The van der Waals surface area contributed by atoms with E-state index in [0.717, 1.165) is 16.0 Å². The molecule has 1 aliphatic heterocycles. The van der Waals surface area contributed by atoms with Gasteiger partial charge in [-0.3, -0.25) is 9.59 Å². The number of fused-ring (bicyclic) bond motifs is 1. The lowest BCUT2D eigenvalue weighted by Gasteiger charge is -2.20. The maximum atomic E-state index is 12.4. The number of carbonyl (C=O) groups is 2. The minimum atomic E-state index is -0.221. The third-order valence-corrected chi connectivity index (χ3v) is 5.24. The zero-order valence-corrected chi connectivity index (χ0v) is 15.9. The fourth-order valence-corrected chi connectivity index (χ4v) is 3.75. The van der Waals surface area contributed by atoms with E-state index in [0.29, 0.717) is 31.2 Å². The minimum absolute atomic E-state index is 0.00832. The fraction of sp³-hybridized carbons (Fsp3) is 0.368. The van der Waals surface area contributed by atoms with Crippen molar-refractivity contribution in [1.29, 1.82) is 0 Å². The van der Waals surface area contributed by atoms with E-state index in [4.69, 9.17) is 9.47 Å². The Morgan fingerprint density at radius 3 is 2.81 bits per heavy atom. The quantitative estimate of drug-likeness (QED) is 0.893. The summed E-state index contributed by atoms with van der Waals surface area (Å²) in [4.78, 5) is 27.5. The van der Waals surface area contributed by atoms with Crippen molar-refractivity contribution in [2.24, 2.45) is 0 Å². The maximum absolute atomic E-state index is 12.4. The van der Waals surface area contributed by atoms with Gasteiger partial charge in [-0.05, 0) is 36.8 Å². The molecule has 2 aromatic rings. The predicted molar refractivity (Wildman–Crippen MR) is 101 cm³/mol. The molecule has 1 N–H and O–H groups in total. The second kappa shape index (κ2) is 7.78. The van der Waals surface area contributed by atoms with Gasteiger partial charge in [-0.2, -0.15) is 0 Å². The first-order valence-corrected chi connectivity index (χ1v) is 9.22. The minimum Gasteiger partial charge on any atom is -0.493 e. The van der Waals surface area contributed by atoms with Gasteiger partial charge in [-0.25, -0.2) is 0 Å². The van der Waals surface area contributed by atoms with Gasteiger partial charge >= 0.3 is 0 Å². The molecule has 3 rings (SSSR count). The molecule has 0 saturated heterocycles. The Labute approximate surface area is 156 Å². The molecule has 0 aliphatic carbocycles. The standard InChI is InChI=1S/C19H22N2O4S/c1-12-4-5-17(26-12)14-8-15-11-21(18(23)10-20-13(2)22)6-7-25-19(15)16(9-14)24-3/h4-5,8-9H,6-7,10-11H2,1-3H3,(H,20,22). The van der Waals surface area contributed by atoms with Gasteiger partial charge < -0.3 is 19.7 Å². The molecule has 0 saturated carbocycles. The SMILES string of the molecule is COc1cc(-c2ccc(C)s2)cc2c1OCCN(C(=O)CNC(C)=O)C2. The molecule has 2 heterocycles.